The van der Waals surface area contributed by atoms with Gasteiger partial charge in [-0.2, -0.15) is 0 Å². The van der Waals surface area contributed by atoms with Crippen LogP contribution in [-0.2, 0) is 0 Å². The van der Waals surface area contributed by atoms with Crippen LogP contribution in [0.4, 0.5) is 0 Å². The van der Waals surface area contributed by atoms with Gasteiger partial charge < -0.3 is 16.0 Å². The number of carbonyl (C=O) groups is 3. The Bertz CT molecular complexity index is 1540. The lowest BCUT2D eigenvalue weighted by molar-refractivity contribution is 0.0939. The highest BCUT2D eigenvalue weighted by molar-refractivity contribution is 6.04. The Labute approximate surface area is 267 Å². The molecule has 0 aliphatic rings. The van der Waals surface area contributed by atoms with Gasteiger partial charge in [0.25, 0.3) is 17.7 Å². The molecule has 4 aromatic carbocycles. The monoisotopic (exact) mass is 603 g/mol. The zero-order valence-electron chi connectivity index (χ0n) is 27.9. The van der Waals surface area contributed by atoms with E-state index in [0.29, 0.717) is 0 Å². The van der Waals surface area contributed by atoms with Crippen molar-refractivity contribution in [3.05, 3.63) is 140 Å². The Morgan fingerprint density at radius 3 is 0.911 bits per heavy atom. The van der Waals surface area contributed by atoms with Gasteiger partial charge in [-0.25, -0.2) is 0 Å². The number of hydrogen-bond donors (Lipinski definition) is 3. The number of carbonyl (C=O) groups excluding carboxylic acids is 3. The lowest BCUT2D eigenvalue weighted by atomic mass is 9.97. The first-order valence-corrected chi connectivity index (χ1v) is 15.5. The van der Waals surface area contributed by atoms with Crippen molar-refractivity contribution < 1.29 is 14.4 Å². The largest absolute Gasteiger partial charge is 0.346 e. The topological polar surface area (TPSA) is 87.3 Å². The number of aryl methyl sites for hydroxylation is 6. The van der Waals surface area contributed by atoms with E-state index in [9.17, 15) is 14.4 Å². The van der Waals surface area contributed by atoms with Crippen LogP contribution in [0.25, 0.3) is 0 Å². The molecule has 0 heterocycles. The van der Waals surface area contributed by atoms with Crippen molar-refractivity contribution in [2.24, 2.45) is 0 Å². The molecule has 6 nitrogen and oxygen atoms in total. The summed E-state index contributed by atoms with van der Waals surface area (Å²) in [5, 5.41) is 9.21. The lowest BCUT2D eigenvalue weighted by Crippen LogP contribution is -2.31. The summed E-state index contributed by atoms with van der Waals surface area (Å²) >= 11 is 0. The second-order valence-corrected chi connectivity index (χ2v) is 12.5. The van der Waals surface area contributed by atoms with E-state index in [1.54, 1.807) is 18.2 Å². The van der Waals surface area contributed by atoms with Gasteiger partial charge in [-0.3, -0.25) is 14.4 Å². The number of rotatable bonds is 9. The average molecular weight is 604 g/mol. The van der Waals surface area contributed by atoms with Crippen LogP contribution in [0, 0.1) is 41.5 Å². The Hall–Kier alpha value is -4.71. The first-order valence-electron chi connectivity index (χ1n) is 15.5. The van der Waals surface area contributed by atoms with Crippen LogP contribution in [0.5, 0.6) is 0 Å². The van der Waals surface area contributed by atoms with Crippen LogP contribution >= 0.6 is 0 Å². The van der Waals surface area contributed by atoms with Gasteiger partial charge in [0.05, 0.1) is 18.1 Å². The highest BCUT2D eigenvalue weighted by Crippen LogP contribution is 2.23. The molecule has 4 rings (SSSR count). The molecule has 0 bridgehead atoms. The zero-order chi connectivity index (χ0) is 33.0. The third kappa shape index (κ3) is 8.07. The minimum absolute atomic E-state index is 0.240. The molecule has 0 saturated carbocycles. The van der Waals surface area contributed by atoms with Crippen LogP contribution < -0.4 is 16.0 Å². The number of hydrogen-bond acceptors (Lipinski definition) is 3. The molecule has 3 atom stereocenters. The SMILES string of the molecule is Cc1ccc(C)c([C@H](C)NC(=O)c2cc(C(=O)N[C@@H](C)c3cc(C)ccc3C)cc(C(=O)N[C@H](C)c3cc(C)ccc3C)c2)c1. The molecule has 0 fully saturated rings. The third-order valence-electron chi connectivity index (χ3n) is 8.47. The summed E-state index contributed by atoms with van der Waals surface area (Å²) in [4.78, 5) is 41.0. The quantitative estimate of drug-likeness (QED) is 0.181. The third-order valence-corrected chi connectivity index (χ3v) is 8.47. The predicted molar refractivity (Wildman–Crippen MR) is 182 cm³/mol. The summed E-state index contributed by atoms with van der Waals surface area (Å²) in [5.41, 5.74) is 10.3. The van der Waals surface area contributed by atoms with E-state index in [0.717, 1.165) is 50.1 Å². The molecule has 0 spiro atoms. The molecule has 0 aromatic heterocycles. The Balaban J connectivity index is 1.66. The standard InChI is InChI=1S/C39H45N3O3/c1-22-10-13-25(4)34(16-22)28(7)40-37(43)31-19-32(38(44)41-29(8)35-17-23(2)11-14-26(35)5)21-33(20-31)39(45)42-30(9)36-18-24(3)12-15-27(36)6/h10-21,28-30H,1-9H3,(H,40,43)(H,41,44)(H,42,45)/t28-,29-,30+/m0/s1. The minimum Gasteiger partial charge on any atom is -0.346 e. The highest BCUT2D eigenvalue weighted by Gasteiger charge is 2.22. The van der Waals surface area contributed by atoms with Crippen molar-refractivity contribution in [1.82, 2.24) is 16.0 Å². The van der Waals surface area contributed by atoms with Crippen LogP contribution in [0.1, 0.15) is 120 Å². The summed E-state index contributed by atoms with van der Waals surface area (Å²) in [7, 11) is 0. The molecule has 3 amide bonds. The summed E-state index contributed by atoms with van der Waals surface area (Å²) in [6.45, 7) is 17.9. The summed E-state index contributed by atoms with van der Waals surface area (Å²) < 4.78 is 0. The van der Waals surface area contributed by atoms with Crippen LogP contribution in [0.3, 0.4) is 0 Å². The van der Waals surface area contributed by atoms with Crippen LogP contribution in [0.2, 0.25) is 0 Å². The first kappa shape index (κ1) is 33.2. The van der Waals surface area contributed by atoms with E-state index in [4.69, 9.17) is 0 Å². The van der Waals surface area contributed by atoms with Gasteiger partial charge in [0.15, 0.2) is 0 Å². The second-order valence-electron chi connectivity index (χ2n) is 12.5. The van der Waals surface area contributed by atoms with Gasteiger partial charge in [-0.05, 0) is 114 Å². The number of nitrogens with one attached hydrogen (secondary N) is 3. The van der Waals surface area contributed by atoms with Gasteiger partial charge in [0.2, 0.25) is 0 Å². The van der Waals surface area contributed by atoms with Gasteiger partial charge in [0.1, 0.15) is 0 Å². The maximum atomic E-state index is 13.7. The van der Waals surface area contributed by atoms with Crippen molar-refractivity contribution in [3.8, 4) is 0 Å². The molecule has 0 saturated heterocycles. The van der Waals surface area contributed by atoms with Crippen molar-refractivity contribution >= 4 is 17.7 Å². The molecule has 0 aliphatic carbocycles. The number of amides is 3. The summed E-state index contributed by atoms with van der Waals surface area (Å²) in [5.74, 6) is -1.09. The molecule has 4 aromatic rings. The Morgan fingerprint density at radius 2 is 0.667 bits per heavy atom. The minimum atomic E-state index is -0.364. The maximum Gasteiger partial charge on any atom is 0.251 e. The van der Waals surface area contributed by atoms with Crippen molar-refractivity contribution in [3.63, 3.8) is 0 Å². The molecule has 45 heavy (non-hydrogen) atoms. The fourth-order valence-electron chi connectivity index (χ4n) is 5.77. The van der Waals surface area contributed by atoms with E-state index >= 15 is 0 Å². The fraction of sp³-hybridized carbons (Fsp3) is 0.308. The van der Waals surface area contributed by atoms with Gasteiger partial charge in [0, 0.05) is 16.7 Å². The van der Waals surface area contributed by atoms with Crippen LogP contribution in [0.15, 0.2) is 72.8 Å². The smallest absolute Gasteiger partial charge is 0.251 e. The van der Waals surface area contributed by atoms with Crippen LogP contribution in [-0.4, -0.2) is 17.7 Å². The molecule has 0 radical (unpaired) electrons. The van der Waals surface area contributed by atoms with Gasteiger partial charge in [-0.1, -0.05) is 71.3 Å². The van der Waals surface area contributed by atoms with E-state index < -0.39 is 0 Å². The first-order chi connectivity index (χ1) is 21.2. The Morgan fingerprint density at radius 1 is 0.422 bits per heavy atom. The van der Waals surface area contributed by atoms with Gasteiger partial charge in [-0.15, -0.1) is 0 Å². The van der Waals surface area contributed by atoms with E-state index in [2.05, 4.69) is 34.1 Å². The number of benzene rings is 4. The molecular formula is C39H45N3O3. The zero-order valence-corrected chi connectivity index (χ0v) is 27.9. The van der Waals surface area contributed by atoms with Crippen molar-refractivity contribution in [2.45, 2.75) is 80.4 Å². The average Bonchev–Trinajstić information content (AvgIpc) is 3.00. The normalized spacial score (nSPS) is 13.0. The van der Waals surface area contributed by atoms with E-state index in [-0.39, 0.29) is 52.5 Å². The molecule has 6 heteroatoms. The fourth-order valence-corrected chi connectivity index (χ4v) is 5.77. The molecule has 0 aliphatic heterocycles. The van der Waals surface area contributed by atoms with E-state index in [1.165, 1.54) is 0 Å². The Kier molecular flexibility index (Phi) is 10.3. The molecule has 234 valence electrons. The maximum absolute atomic E-state index is 13.7. The molecule has 0 unspecified atom stereocenters. The van der Waals surface area contributed by atoms with E-state index in [1.807, 2.05) is 98.7 Å². The van der Waals surface area contributed by atoms with Gasteiger partial charge >= 0.3 is 0 Å². The summed E-state index contributed by atoms with van der Waals surface area (Å²) in [6.07, 6.45) is 0. The molecule has 3 N–H and O–H groups in total. The van der Waals surface area contributed by atoms with Crippen molar-refractivity contribution in [1.29, 1.82) is 0 Å². The lowest BCUT2D eigenvalue weighted by Gasteiger charge is -2.20. The van der Waals surface area contributed by atoms with Crippen molar-refractivity contribution in [2.75, 3.05) is 0 Å². The summed E-state index contributed by atoms with van der Waals surface area (Å²) in [6, 6.07) is 22.3. The second kappa shape index (κ2) is 13.9. The molecular weight excluding hydrogens is 558 g/mol. The highest BCUT2D eigenvalue weighted by atomic mass is 16.2. The predicted octanol–water partition coefficient (Wildman–Crippen LogP) is 8.01.